The largest absolute Gasteiger partial charge is 0.444 e. The summed E-state index contributed by atoms with van der Waals surface area (Å²) in [7, 11) is 0. The van der Waals surface area contributed by atoms with Gasteiger partial charge in [-0.25, -0.2) is 4.79 Å². The third-order valence-electron chi connectivity index (χ3n) is 4.02. The molecule has 0 saturated carbocycles. The summed E-state index contributed by atoms with van der Waals surface area (Å²) in [5.41, 5.74) is -0.471. The van der Waals surface area contributed by atoms with Crippen LogP contribution in [0.15, 0.2) is 12.7 Å². The van der Waals surface area contributed by atoms with E-state index in [1.165, 1.54) is 0 Å². The monoisotopic (exact) mass is 346 g/mol. The molecule has 1 aromatic rings. The number of aromatic nitrogens is 2. The number of hydrogen-bond acceptors (Lipinski definition) is 4. The van der Waals surface area contributed by atoms with E-state index in [2.05, 4.69) is 40.0 Å². The molecule has 0 aliphatic carbocycles. The van der Waals surface area contributed by atoms with Gasteiger partial charge in [0.15, 0.2) is 5.82 Å². The molecule has 1 aliphatic heterocycles. The lowest BCUT2D eigenvalue weighted by atomic mass is 10.1. The van der Waals surface area contributed by atoms with Crippen LogP contribution < -0.4 is 20.8 Å². The van der Waals surface area contributed by atoms with Crippen LogP contribution >= 0.6 is 0 Å². The zero-order chi connectivity index (χ0) is 18.4. The highest BCUT2D eigenvalue weighted by atomic mass is 16.6. The number of rotatable bonds is 4. The van der Waals surface area contributed by atoms with E-state index in [9.17, 15) is 4.79 Å². The molecule has 0 unspecified atom stereocenters. The Morgan fingerprint density at radius 2 is 2.12 bits per heavy atom. The Kier molecular flexibility index (Phi) is 6.28. The van der Waals surface area contributed by atoms with Crippen LogP contribution in [0.2, 0.25) is 0 Å². The van der Waals surface area contributed by atoms with Crippen molar-refractivity contribution in [3.05, 3.63) is 23.2 Å². The van der Waals surface area contributed by atoms with Gasteiger partial charge < -0.3 is 15.0 Å². The highest BCUT2D eigenvalue weighted by molar-refractivity contribution is 5.68. The van der Waals surface area contributed by atoms with Gasteiger partial charge in [-0.1, -0.05) is 25.7 Å². The first-order valence-electron chi connectivity index (χ1n) is 8.96. The van der Waals surface area contributed by atoms with Gasteiger partial charge >= 0.3 is 6.09 Å². The molecular weight excluding hydrogens is 316 g/mol. The van der Waals surface area contributed by atoms with E-state index in [-0.39, 0.29) is 12.1 Å². The Bertz CT molecular complexity index is 707. The fourth-order valence-corrected chi connectivity index (χ4v) is 2.95. The van der Waals surface area contributed by atoms with Crippen molar-refractivity contribution in [2.24, 2.45) is 0 Å². The molecule has 1 aliphatic rings. The molecule has 2 rings (SSSR count). The van der Waals surface area contributed by atoms with Gasteiger partial charge in [0, 0.05) is 24.4 Å². The van der Waals surface area contributed by atoms with Gasteiger partial charge in [0.05, 0.1) is 5.35 Å². The van der Waals surface area contributed by atoms with Crippen molar-refractivity contribution in [1.29, 1.82) is 0 Å². The minimum atomic E-state index is -0.471. The number of hydrogen-bond donors (Lipinski definition) is 2. The molecule has 0 spiro atoms. The van der Waals surface area contributed by atoms with E-state index in [0.29, 0.717) is 0 Å². The van der Waals surface area contributed by atoms with Gasteiger partial charge in [0.25, 0.3) is 0 Å². The zero-order valence-corrected chi connectivity index (χ0v) is 15.8. The summed E-state index contributed by atoms with van der Waals surface area (Å²) in [6.07, 6.45) is 8.25. The molecule has 25 heavy (non-hydrogen) atoms. The smallest absolute Gasteiger partial charge is 0.407 e. The molecule has 6 heteroatoms. The third-order valence-corrected chi connectivity index (χ3v) is 4.02. The number of carbonyl (C=O) groups excluding carboxylic acids is 1. The Balaban J connectivity index is 2.01. The topological polar surface area (TPSA) is 70.2 Å². The van der Waals surface area contributed by atoms with Gasteiger partial charge in [0.1, 0.15) is 5.60 Å². The molecule has 1 aromatic heterocycles. The maximum absolute atomic E-state index is 11.9. The molecule has 0 aromatic carbocycles. The summed E-state index contributed by atoms with van der Waals surface area (Å²) in [5.74, 6) is 0.954. The van der Waals surface area contributed by atoms with Crippen LogP contribution in [-0.2, 0) is 4.74 Å². The average Bonchev–Trinajstić information content (AvgIpc) is 2.90. The summed E-state index contributed by atoms with van der Waals surface area (Å²) in [6, 6.07) is 0.138. The summed E-state index contributed by atoms with van der Waals surface area (Å²) in [4.78, 5) is 14.2. The first-order valence-corrected chi connectivity index (χ1v) is 8.96. The zero-order valence-electron chi connectivity index (χ0n) is 15.8. The summed E-state index contributed by atoms with van der Waals surface area (Å²) >= 11 is 0. The second-order valence-corrected chi connectivity index (χ2v) is 7.30. The number of carbonyl (C=O) groups is 1. The molecule has 138 valence electrons. The standard InChI is InChI=1S/C19H30N4O2/c1-6-8-15-16(9-7-2)21-22-17(15)23-12-10-14(11-13-23)20-18(24)25-19(3,4)5/h6,8-9,14,21H,1,7,10-13H2,2-5H3,(H,20,24)/b15-8+,16-9+. The highest BCUT2D eigenvalue weighted by Crippen LogP contribution is 2.15. The fourth-order valence-electron chi connectivity index (χ4n) is 2.95. The Labute approximate surface area is 149 Å². The fraction of sp³-hybridized carbons (Fsp3) is 0.579. The molecular formula is C19H30N4O2. The van der Waals surface area contributed by atoms with Gasteiger partial charge in [-0.3, -0.25) is 5.10 Å². The van der Waals surface area contributed by atoms with Crippen LogP contribution in [-0.4, -0.2) is 41.0 Å². The molecule has 0 radical (unpaired) electrons. The maximum atomic E-state index is 11.9. The minimum absolute atomic E-state index is 0.138. The Morgan fingerprint density at radius 1 is 1.44 bits per heavy atom. The lowest BCUT2D eigenvalue weighted by Gasteiger charge is -2.33. The van der Waals surface area contributed by atoms with E-state index < -0.39 is 5.60 Å². The summed E-state index contributed by atoms with van der Waals surface area (Å²) in [6.45, 7) is 13.2. The molecule has 0 atom stereocenters. The van der Waals surface area contributed by atoms with Crippen LogP contribution in [0.4, 0.5) is 10.6 Å². The molecule has 0 bridgehead atoms. The lowest BCUT2D eigenvalue weighted by Crippen LogP contribution is -2.47. The quantitative estimate of drug-likeness (QED) is 0.875. The van der Waals surface area contributed by atoms with Crippen molar-refractivity contribution >= 4 is 24.1 Å². The molecule has 6 nitrogen and oxygen atoms in total. The number of allylic oxidation sites excluding steroid dienone is 1. The number of H-pyrrole nitrogens is 1. The number of nitrogens with one attached hydrogen (secondary N) is 2. The van der Waals surface area contributed by atoms with Gasteiger partial charge in [-0.15, -0.1) is 0 Å². The lowest BCUT2D eigenvalue weighted by molar-refractivity contribution is 0.0497. The second kappa shape index (κ2) is 8.23. The van der Waals surface area contributed by atoms with Crippen LogP contribution in [0.25, 0.3) is 12.2 Å². The summed E-state index contributed by atoms with van der Waals surface area (Å²) in [5, 5.41) is 12.7. The maximum Gasteiger partial charge on any atom is 0.407 e. The van der Waals surface area contributed by atoms with E-state index >= 15 is 0 Å². The number of piperidine rings is 1. The Morgan fingerprint density at radius 3 is 2.68 bits per heavy atom. The first-order chi connectivity index (χ1) is 11.8. The average molecular weight is 346 g/mol. The predicted molar refractivity (Wildman–Crippen MR) is 102 cm³/mol. The van der Waals surface area contributed by atoms with Crippen molar-refractivity contribution in [3.63, 3.8) is 0 Å². The number of amides is 1. The van der Waals surface area contributed by atoms with Crippen LogP contribution in [0, 0.1) is 0 Å². The van der Waals surface area contributed by atoms with Gasteiger partial charge in [-0.05, 0) is 46.1 Å². The minimum Gasteiger partial charge on any atom is -0.444 e. The van der Waals surface area contributed by atoms with Gasteiger partial charge in [0.2, 0.25) is 0 Å². The summed E-state index contributed by atoms with van der Waals surface area (Å²) < 4.78 is 5.33. The molecule has 2 heterocycles. The van der Waals surface area contributed by atoms with Gasteiger partial charge in [-0.2, -0.15) is 5.10 Å². The van der Waals surface area contributed by atoms with E-state index in [0.717, 1.165) is 48.7 Å². The molecule has 2 N–H and O–H groups in total. The van der Waals surface area contributed by atoms with E-state index in [4.69, 9.17) is 4.74 Å². The number of alkyl carbamates (subject to hydrolysis) is 1. The van der Waals surface area contributed by atoms with Crippen LogP contribution in [0.1, 0.15) is 47.0 Å². The Hall–Kier alpha value is -2.24. The van der Waals surface area contributed by atoms with Crippen LogP contribution in [0.3, 0.4) is 0 Å². The van der Waals surface area contributed by atoms with Crippen molar-refractivity contribution in [2.75, 3.05) is 18.0 Å². The normalized spacial score (nSPS) is 17.7. The molecule has 1 fully saturated rings. The molecule has 1 amide bonds. The number of ether oxygens (including phenoxy) is 1. The van der Waals surface area contributed by atoms with Crippen molar-refractivity contribution in [1.82, 2.24) is 15.5 Å². The van der Waals surface area contributed by atoms with Crippen molar-refractivity contribution < 1.29 is 9.53 Å². The molecule has 1 saturated heterocycles. The third kappa shape index (κ3) is 5.37. The predicted octanol–water partition coefficient (Wildman–Crippen LogP) is 2.06. The second-order valence-electron chi connectivity index (χ2n) is 7.30. The number of anilines is 1. The SMILES string of the molecule is C=C/C=c1/c(N2CCC(NC(=O)OC(C)(C)C)CC2)n[nH]/c1=C/CC. The van der Waals surface area contributed by atoms with Crippen LogP contribution in [0.5, 0.6) is 0 Å². The van der Waals surface area contributed by atoms with E-state index in [1.807, 2.05) is 26.8 Å². The van der Waals surface area contributed by atoms with Crippen molar-refractivity contribution in [2.45, 2.75) is 58.6 Å². The van der Waals surface area contributed by atoms with E-state index in [1.54, 1.807) is 6.08 Å². The van der Waals surface area contributed by atoms with Crippen molar-refractivity contribution in [3.8, 4) is 0 Å². The number of nitrogens with zero attached hydrogens (tertiary/aromatic N) is 2. The first kappa shape index (κ1) is 19.1. The highest BCUT2D eigenvalue weighted by Gasteiger charge is 2.24. The number of aromatic amines is 1.